The van der Waals surface area contributed by atoms with Crippen LogP contribution in [0.1, 0.15) is 46.5 Å². The average molecular weight is 209 g/mol. The Morgan fingerprint density at radius 2 is 2.07 bits per heavy atom. The first-order valence-corrected chi connectivity index (χ1v) is 6.44. The van der Waals surface area contributed by atoms with Crippen molar-refractivity contribution in [2.75, 3.05) is 13.2 Å². The lowest BCUT2D eigenvalue weighted by Gasteiger charge is -2.61. The SMILES string of the molecule is CC(C)(C)C12CCCN1C1CCC2CO1. The van der Waals surface area contributed by atoms with Gasteiger partial charge in [-0.1, -0.05) is 20.8 Å². The number of hydrogen-bond donors (Lipinski definition) is 0. The maximum absolute atomic E-state index is 5.94. The summed E-state index contributed by atoms with van der Waals surface area (Å²) in [5, 5.41) is 0. The van der Waals surface area contributed by atoms with Crippen molar-refractivity contribution in [1.82, 2.24) is 4.90 Å². The van der Waals surface area contributed by atoms with Crippen LogP contribution in [0.2, 0.25) is 0 Å². The smallest absolute Gasteiger partial charge is 0.111 e. The largest absolute Gasteiger partial charge is 0.363 e. The first-order chi connectivity index (χ1) is 7.06. The number of ether oxygens (including phenoxy) is 1. The second-order valence-electron chi connectivity index (χ2n) is 6.53. The first-order valence-electron chi connectivity index (χ1n) is 6.44. The van der Waals surface area contributed by atoms with Crippen molar-refractivity contribution in [3.8, 4) is 0 Å². The van der Waals surface area contributed by atoms with Crippen LogP contribution in [0.5, 0.6) is 0 Å². The quantitative estimate of drug-likeness (QED) is 0.608. The maximum Gasteiger partial charge on any atom is 0.111 e. The standard InChI is InChI=1S/C13H23NO/c1-12(2,3)13-7-4-8-14(13)11-6-5-10(13)9-15-11/h10-11H,4-9H2,1-3H3. The van der Waals surface area contributed by atoms with Gasteiger partial charge in [0.05, 0.1) is 6.61 Å². The zero-order chi connectivity index (χ0) is 10.7. The Hall–Kier alpha value is -0.0800. The molecule has 0 spiro atoms. The number of fused-ring (bicyclic) bond motifs is 2. The van der Waals surface area contributed by atoms with Gasteiger partial charge in [-0.3, -0.25) is 4.90 Å². The van der Waals surface area contributed by atoms with Gasteiger partial charge < -0.3 is 4.74 Å². The van der Waals surface area contributed by atoms with Gasteiger partial charge in [0.1, 0.15) is 6.23 Å². The van der Waals surface area contributed by atoms with E-state index >= 15 is 0 Å². The molecule has 0 aliphatic carbocycles. The monoisotopic (exact) mass is 209 g/mol. The number of nitrogens with zero attached hydrogens (tertiary/aromatic N) is 1. The molecular formula is C13H23NO. The maximum atomic E-state index is 5.94. The van der Waals surface area contributed by atoms with E-state index in [1.165, 1.54) is 32.2 Å². The minimum absolute atomic E-state index is 0.399. The second-order valence-corrected chi connectivity index (χ2v) is 6.53. The molecule has 0 aromatic heterocycles. The Balaban J connectivity index is 2.04. The summed E-state index contributed by atoms with van der Waals surface area (Å²) in [6, 6.07) is 0. The molecule has 0 amide bonds. The van der Waals surface area contributed by atoms with E-state index in [-0.39, 0.29) is 0 Å². The van der Waals surface area contributed by atoms with E-state index < -0.39 is 0 Å². The molecule has 4 saturated heterocycles. The molecule has 0 aromatic rings. The molecular weight excluding hydrogens is 186 g/mol. The van der Waals surface area contributed by atoms with Crippen molar-refractivity contribution >= 4 is 0 Å². The molecule has 4 heterocycles. The van der Waals surface area contributed by atoms with Crippen LogP contribution >= 0.6 is 0 Å². The van der Waals surface area contributed by atoms with Crippen molar-refractivity contribution < 1.29 is 4.74 Å². The predicted molar refractivity (Wildman–Crippen MR) is 60.6 cm³/mol. The second kappa shape index (κ2) is 2.98. The third kappa shape index (κ3) is 1.13. The summed E-state index contributed by atoms with van der Waals surface area (Å²) < 4.78 is 5.94. The van der Waals surface area contributed by atoms with Crippen LogP contribution in [-0.2, 0) is 4.74 Å². The van der Waals surface area contributed by atoms with Gasteiger partial charge in [-0.25, -0.2) is 0 Å². The fourth-order valence-electron chi connectivity index (χ4n) is 4.48. The van der Waals surface area contributed by atoms with Gasteiger partial charge in [-0.15, -0.1) is 0 Å². The zero-order valence-corrected chi connectivity index (χ0v) is 10.3. The Morgan fingerprint density at radius 1 is 1.27 bits per heavy atom. The first kappa shape index (κ1) is 10.1. The van der Waals surface area contributed by atoms with Crippen LogP contribution in [0.4, 0.5) is 0 Å². The Bertz CT molecular complexity index is 262. The van der Waals surface area contributed by atoms with Crippen molar-refractivity contribution in [2.24, 2.45) is 11.3 Å². The van der Waals surface area contributed by atoms with Gasteiger partial charge in [0, 0.05) is 18.0 Å². The summed E-state index contributed by atoms with van der Waals surface area (Å²) in [6.45, 7) is 9.54. The van der Waals surface area contributed by atoms with Crippen LogP contribution in [0.3, 0.4) is 0 Å². The highest BCUT2D eigenvalue weighted by Gasteiger charge is 2.60. The molecule has 4 aliphatic heterocycles. The van der Waals surface area contributed by atoms with Crippen molar-refractivity contribution in [3.63, 3.8) is 0 Å². The number of rotatable bonds is 0. The minimum Gasteiger partial charge on any atom is -0.363 e. The van der Waals surface area contributed by atoms with Gasteiger partial charge in [0.25, 0.3) is 0 Å². The van der Waals surface area contributed by atoms with Crippen LogP contribution < -0.4 is 0 Å². The van der Waals surface area contributed by atoms with Gasteiger partial charge in [0.2, 0.25) is 0 Å². The van der Waals surface area contributed by atoms with Gasteiger partial charge in [-0.2, -0.15) is 0 Å². The van der Waals surface area contributed by atoms with Crippen molar-refractivity contribution in [1.29, 1.82) is 0 Å². The summed E-state index contributed by atoms with van der Waals surface area (Å²) in [6.07, 6.45) is 5.85. The molecule has 86 valence electrons. The summed E-state index contributed by atoms with van der Waals surface area (Å²) >= 11 is 0. The van der Waals surface area contributed by atoms with E-state index in [9.17, 15) is 0 Å². The molecule has 2 nitrogen and oxygen atoms in total. The zero-order valence-electron chi connectivity index (χ0n) is 10.3. The van der Waals surface area contributed by atoms with Crippen molar-refractivity contribution in [3.05, 3.63) is 0 Å². The highest BCUT2D eigenvalue weighted by molar-refractivity contribution is 5.12. The number of hydrogen-bond acceptors (Lipinski definition) is 2. The fourth-order valence-corrected chi connectivity index (χ4v) is 4.48. The summed E-state index contributed by atoms with van der Waals surface area (Å²) in [5.74, 6) is 0.782. The van der Waals surface area contributed by atoms with Crippen LogP contribution in [-0.4, -0.2) is 29.8 Å². The van der Waals surface area contributed by atoms with E-state index in [2.05, 4.69) is 25.7 Å². The van der Waals surface area contributed by atoms with Crippen LogP contribution in [0.25, 0.3) is 0 Å². The van der Waals surface area contributed by atoms with Gasteiger partial charge >= 0.3 is 0 Å². The molecule has 0 N–H and O–H groups in total. The summed E-state index contributed by atoms with van der Waals surface area (Å²) in [4.78, 5) is 2.70. The summed E-state index contributed by atoms with van der Waals surface area (Å²) in [7, 11) is 0. The highest BCUT2D eigenvalue weighted by Crippen LogP contribution is 2.56. The molecule has 4 rings (SSSR count). The molecule has 3 unspecified atom stereocenters. The van der Waals surface area contributed by atoms with E-state index in [0.717, 1.165) is 12.5 Å². The lowest BCUT2D eigenvalue weighted by atomic mass is 9.61. The van der Waals surface area contributed by atoms with Gasteiger partial charge in [-0.05, 0) is 31.1 Å². The predicted octanol–water partition coefficient (Wildman–Crippen LogP) is 2.63. The molecule has 2 heteroatoms. The molecule has 4 fully saturated rings. The molecule has 2 bridgehead atoms. The van der Waals surface area contributed by atoms with E-state index in [1.807, 2.05) is 0 Å². The lowest BCUT2D eigenvalue weighted by molar-refractivity contribution is -0.240. The minimum atomic E-state index is 0.399. The fraction of sp³-hybridized carbons (Fsp3) is 1.00. The van der Waals surface area contributed by atoms with E-state index in [1.54, 1.807) is 0 Å². The Kier molecular flexibility index (Phi) is 2.01. The van der Waals surface area contributed by atoms with Crippen molar-refractivity contribution in [2.45, 2.75) is 58.2 Å². The van der Waals surface area contributed by atoms with E-state index in [0.29, 0.717) is 17.2 Å². The molecule has 0 saturated carbocycles. The molecule has 0 radical (unpaired) electrons. The normalized spacial score (nSPS) is 45.8. The molecule has 3 atom stereocenters. The topological polar surface area (TPSA) is 12.5 Å². The Labute approximate surface area is 93.0 Å². The summed E-state index contributed by atoms with van der Waals surface area (Å²) in [5.41, 5.74) is 0.852. The van der Waals surface area contributed by atoms with Gasteiger partial charge in [0.15, 0.2) is 0 Å². The van der Waals surface area contributed by atoms with E-state index in [4.69, 9.17) is 4.74 Å². The molecule has 0 aromatic carbocycles. The number of piperidine rings is 1. The molecule has 15 heavy (non-hydrogen) atoms. The highest BCUT2D eigenvalue weighted by atomic mass is 16.5. The lowest BCUT2D eigenvalue weighted by Crippen LogP contribution is -2.68. The molecule has 4 aliphatic rings. The third-order valence-corrected chi connectivity index (χ3v) is 5.04. The third-order valence-electron chi connectivity index (χ3n) is 5.04. The Morgan fingerprint density at radius 3 is 2.60 bits per heavy atom. The van der Waals surface area contributed by atoms with Crippen LogP contribution in [0.15, 0.2) is 0 Å². The van der Waals surface area contributed by atoms with Crippen LogP contribution in [0, 0.1) is 11.3 Å². The average Bonchev–Trinajstić information content (AvgIpc) is 2.65.